The Morgan fingerprint density at radius 1 is 1.35 bits per heavy atom. The molecular formula is C14H10Br2FNOS. The molecule has 0 bridgehead atoms. The number of hydrogen-bond acceptors (Lipinski definition) is 2. The third kappa shape index (κ3) is 2.56. The zero-order valence-corrected chi connectivity index (χ0v) is 14.2. The summed E-state index contributed by atoms with van der Waals surface area (Å²) in [5.41, 5.74) is 2.17. The first-order valence-electron chi connectivity index (χ1n) is 6.05. The summed E-state index contributed by atoms with van der Waals surface area (Å²) in [5.74, 6) is -0.367. The van der Waals surface area contributed by atoms with Crippen LogP contribution in [-0.4, -0.2) is 5.91 Å². The van der Waals surface area contributed by atoms with Gasteiger partial charge in [-0.25, -0.2) is 4.39 Å². The fraction of sp³-hybridized carbons (Fsp3) is 0.214. The van der Waals surface area contributed by atoms with Crippen molar-refractivity contribution in [2.24, 2.45) is 0 Å². The van der Waals surface area contributed by atoms with E-state index in [2.05, 4.69) is 37.2 Å². The van der Waals surface area contributed by atoms with Crippen LogP contribution in [0.4, 0.5) is 10.1 Å². The largest absolute Gasteiger partial charge is 0.326 e. The van der Waals surface area contributed by atoms with E-state index < -0.39 is 0 Å². The molecule has 1 aromatic carbocycles. The van der Waals surface area contributed by atoms with Crippen LogP contribution in [-0.2, 0) is 11.2 Å². The SMILES string of the molecule is O=C1CCc2cc(C(Br)c3sccc3Br)c(F)cc2N1. The minimum atomic E-state index is -0.312. The number of hydrogen-bond donors (Lipinski definition) is 1. The lowest BCUT2D eigenvalue weighted by Crippen LogP contribution is -2.19. The Labute approximate surface area is 136 Å². The number of alkyl halides is 1. The van der Waals surface area contributed by atoms with E-state index in [1.165, 1.54) is 6.07 Å². The van der Waals surface area contributed by atoms with Crippen LogP contribution < -0.4 is 5.32 Å². The highest BCUT2D eigenvalue weighted by atomic mass is 79.9. The standard InChI is InChI=1S/C14H10Br2FNOS/c15-9-3-4-20-14(9)13(16)8-5-7-1-2-12(19)18-11(7)6-10(8)17/h3-6,13H,1-2H2,(H,18,19). The quantitative estimate of drug-likeness (QED) is 0.681. The van der Waals surface area contributed by atoms with E-state index in [0.717, 1.165) is 14.9 Å². The van der Waals surface area contributed by atoms with E-state index in [1.807, 2.05) is 17.5 Å². The number of amides is 1. The van der Waals surface area contributed by atoms with E-state index in [4.69, 9.17) is 0 Å². The Bertz CT molecular complexity index is 686. The molecule has 0 spiro atoms. The molecule has 0 saturated carbocycles. The monoisotopic (exact) mass is 417 g/mol. The summed E-state index contributed by atoms with van der Waals surface area (Å²) in [5, 5.41) is 4.67. The van der Waals surface area contributed by atoms with Gasteiger partial charge >= 0.3 is 0 Å². The van der Waals surface area contributed by atoms with Crippen molar-refractivity contribution in [2.45, 2.75) is 17.7 Å². The first-order chi connectivity index (χ1) is 9.56. The zero-order valence-electron chi connectivity index (χ0n) is 10.3. The molecule has 0 aliphatic carbocycles. The van der Waals surface area contributed by atoms with Crippen LogP contribution in [0.1, 0.15) is 27.3 Å². The first-order valence-corrected chi connectivity index (χ1v) is 8.64. The lowest BCUT2D eigenvalue weighted by atomic mass is 9.98. The summed E-state index contributed by atoms with van der Waals surface area (Å²) in [6.07, 6.45) is 1.10. The zero-order chi connectivity index (χ0) is 14.3. The number of thiophene rings is 1. The van der Waals surface area contributed by atoms with Gasteiger partial charge in [0.2, 0.25) is 5.91 Å². The van der Waals surface area contributed by atoms with Gasteiger partial charge in [0.05, 0.1) is 4.83 Å². The van der Waals surface area contributed by atoms with Gasteiger partial charge in [0.1, 0.15) is 5.82 Å². The number of halogens is 3. The highest BCUT2D eigenvalue weighted by Crippen LogP contribution is 2.41. The van der Waals surface area contributed by atoms with Gasteiger partial charge in [-0.1, -0.05) is 15.9 Å². The molecule has 1 N–H and O–H groups in total. The number of anilines is 1. The van der Waals surface area contributed by atoms with E-state index in [0.29, 0.717) is 24.1 Å². The normalized spacial score (nSPS) is 15.7. The number of benzene rings is 1. The predicted molar refractivity (Wildman–Crippen MR) is 86.1 cm³/mol. The molecule has 0 saturated heterocycles. The fourth-order valence-corrected chi connectivity index (χ4v) is 5.07. The minimum Gasteiger partial charge on any atom is -0.326 e. The molecule has 1 unspecified atom stereocenters. The van der Waals surface area contributed by atoms with Crippen molar-refractivity contribution in [1.29, 1.82) is 0 Å². The molecule has 0 radical (unpaired) electrons. The molecular weight excluding hydrogens is 409 g/mol. The maximum atomic E-state index is 14.3. The van der Waals surface area contributed by atoms with Gasteiger partial charge in [-0.3, -0.25) is 4.79 Å². The number of carbonyl (C=O) groups excluding carboxylic acids is 1. The number of nitrogens with one attached hydrogen (secondary N) is 1. The van der Waals surface area contributed by atoms with Crippen LogP contribution in [0.25, 0.3) is 0 Å². The molecule has 2 aromatic rings. The molecule has 3 rings (SSSR count). The van der Waals surface area contributed by atoms with Crippen LogP contribution in [0.3, 0.4) is 0 Å². The van der Waals surface area contributed by atoms with Crippen LogP contribution >= 0.6 is 43.2 Å². The molecule has 1 amide bonds. The van der Waals surface area contributed by atoms with Gasteiger partial charge in [0, 0.05) is 27.0 Å². The third-order valence-electron chi connectivity index (χ3n) is 3.27. The summed E-state index contributed by atoms with van der Waals surface area (Å²) >= 11 is 8.61. The second-order valence-corrected chi connectivity index (χ2v) is 7.29. The minimum absolute atomic E-state index is 0.0546. The fourth-order valence-electron chi connectivity index (χ4n) is 2.24. The number of fused-ring (bicyclic) bond motifs is 1. The Balaban J connectivity index is 2.02. The van der Waals surface area contributed by atoms with E-state index in [-0.39, 0.29) is 16.6 Å². The maximum absolute atomic E-state index is 14.3. The van der Waals surface area contributed by atoms with Gasteiger partial charge < -0.3 is 5.32 Å². The maximum Gasteiger partial charge on any atom is 0.224 e. The van der Waals surface area contributed by atoms with E-state index >= 15 is 0 Å². The van der Waals surface area contributed by atoms with Crippen molar-refractivity contribution in [3.8, 4) is 0 Å². The molecule has 1 aliphatic heterocycles. The molecule has 1 aliphatic rings. The van der Waals surface area contributed by atoms with Crippen LogP contribution in [0.15, 0.2) is 28.1 Å². The summed E-state index contributed by atoms with van der Waals surface area (Å²) < 4.78 is 15.3. The second-order valence-electron chi connectivity index (χ2n) is 4.57. The number of rotatable bonds is 2. The first kappa shape index (κ1) is 14.2. The molecule has 104 valence electrons. The summed E-state index contributed by atoms with van der Waals surface area (Å²) in [6.45, 7) is 0. The Kier molecular flexibility index (Phi) is 3.97. The summed E-state index contributed by atoms with van der Waals surface area (Å²) in [7, 11) is 0. The van der Waals surface area contributed by atoms with Crippen molar-refractivity contribution in [3.63, 3.8) is 0 Å². The summed E-state index contributed by atoms with van der Waals surface area (Å²) in [6, 6.07) is 5.21. The van der Waals surface area contributed by atoms with Crippen molar-refractivity contribution >= 4 is 54.8 Å². The molecule has 1 atom stereocenters. The lowest BCUT2D eigenvalue weighted by molar-refractivity contribution is -0.116. The van der Waals surface area contributed by atoms with Crippen molar-refractivity contribution in [1.82, 2.24) is 0 Å². The highest BCUT2D eigenvalue weighted by Gasteiger charge is 2.23. The van der Waals surface area contributed by atoms with Crippen molar-refractivity contribution in [3.05, 3.63) is 49.9 Å². The molecule has 20 heavy (non-hydrogen) atoms. The third-order valence-corrected chi connectivity index (χ3v) is 6.46. The van der Waals surface area contributed by atoms with Gasteiger partial charge in [-0.15, -0.1) is 11.3 Å². The lowest BCUT2D eigenvalue weighted by Gasteiger charge is -2.20. The molecule has 2 heterocycles. The smallest absolute Gasteiger partial charge is 0.224 e. The Hall–Kier alpha value is -0.720. The van der Waals surface area contributed by atoms with Crippen LogP contribution in [0.5, 0.6) is 0 Å². The molecule has 6 heteroatoms. The van der Waals surface area contributed by atoms with Gasteiger partial charge in [-0.2, -0.15) is 0 Å². The summed E-state index contributed by atoms with van der Waals surface area (Å²) in [4.78, 5) is 12.2. The average molecular weight is 419 g/mol. The highest BCUT2D eigenvalue weighted by molar-refractivity contribution is 9.11. The molecule has 1 aromatic heterocycles. The predicted octanol–water partition coefficient (Wildman–Crippen LogP) is 5.02. The van der Waals surface area contributed by atoms with E-state index in [9.17, 15) is 9.18 Å². The number of aryl methyl sites for hydroxylation is 1. The van der Waals surface area contributed by atoms with E-state index in [1.54, 1.807) is 11.3 Å². The second kappa shape index (κ2) is 5.58. The molecule has 0 fully saturated rings. The van der Waals surface area contributed by atoms with Gasteiger partial charge in [-0.05, 0) is 51.5 Å². The van der Waals surface area contributed by atoms with Gasteiger partial charge in [0.15, 0.2) is 0 Å². The number of carbonyl (C=O) groups is 1. The average Bonchev–Trinajstić information content (AvgIpc) is 2.83. The van der Waals surface area contributed by atoms with Gasteiger partial charge in [0.25, 0.3) is 0 Å². The molecule has 2 nitrogen and oxygen atoms in total. The topological polar surface area (TPSA) is 29.1 Å². The Morgan fingerprint density at radius 3 is 2.85 bits per heavy atom. The van der Waals surface area contributed by atoms with Crippen LogP contribution in [0, 0.1) is 5.82 Å². The van der Waals surface area contributed by atoms with Crippen molar-refractivity contribution < 1.29 is 9.18 Å². The van der Waals surface area contributed by atoms with Crippen molar-refractivity contribution in [2.75, 3.05) is 5.32 Å². The van der Waals surface area contributed by atoms with Crippen LogP contribution in [0.2, 0.25) is 0 Å². The Morgan fingerprint density at radius 2 is 2.15 bits per heavy atom.